The van der Waals surface area contributed by atoms with Crippen LogP contribution in [0.2, 0.25) is 0 Å². The van der Waals surface area contributed by atoms with Crippen molar-refractivity contribution in [1.29, 1.82) is 0 Å². The summed E-state index contributed by atoms with van der Waals surface area (Å²) in [6.45, 7) is 5.08. The number of hydrogen-bond acceptors (Lipinski definition) is 2. The zero-order chi connectivity index (χ0) is 26.0. The number of carbonyl (C=O) groups is 2. The number of fused-ring (bicyclic) bond motifs is 1. The summed E-state index contributed by atoms with van der Waals surface area (Å²) in [5.74, 6) is -0.110. The molecule has 0 spiro atoms. The smallest absolute Gasteiger partial charge is 0.243 e. The van der Waals surface area contributed by atoms with Crippen molar-refractivity contribution in [1.82, 2.24) is 10.2 Å². The maximum Gasteiger partial charge on any atom is 0.243 e. The molecule has 0 radical (unpaired) electrons. The molecule has 0 saturated heterocycles. The molecule has 37 heavy (non-hydrogen) atoms. The van der Waals surface area contributed by atoms with Gasteiger partial charge < -0.3 is 10.2 Å². The molecule has 1 atom stereocenters. The topological polar surface area (TPSA) is 49.4 Å². The molecular weight excluding hydrogens is 456 g/mol. The van der Waals surface area contributed by atoms with Crippen LogP contribution in [0.3, 0.4) is 0 Å². The first-order valence-corrected chi connectivity index (χ1v) is 13.2. The third-order valence-corrected chi connectivity index (χ3v) is 6.91. The number of amides is 2. The van der Waals surface area contributed by atoms with Crippen molar-refractivity contribution in [3.05, 3.63) is 119 Å². The van der Waals surface area contributed by atoms with Gasteiger partial charge in [-0.05, 0) is 52.8 Å². The number of hydrogen-bond donors (Lipinski definition) is 1. The Morgan fingerprint density at radius 2 is 1.49 bits per heavy atom. The van der Waals surface area contributed by atoms with Crippen LogP contribution >= 0.6 is 0 Å². The van der Waals surface area contributed by atoms with Crippen LogP contribution in [0, 0.1) is 6.92 Å². The number of benzene rings is 4. The number of rotatable bonds is 11. The Hall–Kier alpha value is -3.92. The highest BCUT2D eigenvalue weighted by molar-refractivity contribution is 5.89. The molecule has 1 N–H and O–H groups in total. The average molecular weight is 493 g/mol. The molecule has 2 amide bonds. The van der Waals surface area contributed by atoms with Gasteiger partial charge in [0, 0.05) is 25.9 Å². The minimum atomic E-state index is -0.589. The lowest BCUT2D eigenvalue weighted by Crippen LogP contribution is -2.50. The van der Waals surface area contributed by atoms with Gasteiger partial charge in [-0.15, -0.1) is 0 Å². The van der Waals surface area contributed by atoms with E-state index in [1.165, 1.54) is 10.8 Å². The Labute approximate surface area is 220 Å². The largest absolute Gasteiger partial charge is 0.354 e. The first kappa shape index (κ1) is 26.2. The summed E-state index contributed by atoms with van der Waals surface area (Å²) in [7, 11) is 0. The van der Waals surface area contributed by atoms with E-state index < -0.39 is 6.04 Å². The summed E-state index contributed by atoms with van der Waals surface area (Å²) < 4.78 is 0. The molecule has 0 aromatic heterocycles. The molecule has 4 aromatic rings. The molecule has 0 heterocycles. The zero-order valence-corrected chi connectivity index (χ0v) is 21.8. The number of aryl methyl sites for hydroxylation is 2. The van der Waals surface area contributed by atoms with E-state index in [0.29, 0.717) is 32.4 Å². The minimum Gasteiger partial charge on any atom is -0.354 e. The lowest BCUT2D eigenvalue weighted by atomic mass is 9.98. The standard InChI is InChI=1S/C33H36N2O2/c1-3-22-34-33(37)31(23-26-13-5-4-6-14-26)35(24-29-16-8-7-12-25(29)2)32(36)21-20-28-18-11-17-27-15-9-10-19-30(27)28/h4-19,31H,3,20-24H2,1-2H3,(H,34,37)/t31-/m0/s1. The minimum absolute atomic E-state index is 0.0104. The summed E-state index contributed by atoms with van der Waals surface area (Å²) in [6, 6.07) is 32.0. The van der Waals surface area contributed by atoms with E-state index in [4.69, 9.17) is 0 Å². The molecule has 4 nitrogen and oxygen atoms in total. The highest BCUT2D eigenvalue weighted by Gasteiger charge is 2.30. The van der Waals surface area contributed by atoms with Crippen molar-refractivity contribution < 1.29 is 9.59 Å². The molecule has 0 fully saturated rings. The van der Waals surface area contributed by atoms with Gasteiger partial charge in [-0.2, -0.15) is 0 Å². The maximum atomic E-state index is 13.9. The third kappa shape index (κ3) is 6.85. The van der Waals surface area contributed by atoms with Gasteiger partial charge >= 0.3 is 0 Å². The van der Waals surface area contributed by atoms with E-state index in [2.05, 4.69) is 42.6 Å². The number of carbonyl (C=O) groups excluding carboxylic acids is 2. The molecule has 0 unspecified atom stereocenters. The Morgan fingerprint density at radius 3 is 2.27 bits per heavy atom. The van der Waals surface area contributed by atoms with E-state index in [9.17, 15) is 9.59 Å². The van der Waals surface area contributed by atoms with E-state index in [-0.39, 0.29) is 11.8 Å². The predicted molar refractivity (Wildman–Crippen MR) is 151 cm³/mol. The van der Waals surface area contributed by atoms with Crippen LogP contribution in [0.15, 0.2) is 97.1 Å². The van der Waals surface area contributed by atoms with Crippen molar-refractivity contribution in [2.45, 2.75) is 52.1 Å². The van der Waals surface area contributed by atoms with Gasteiger partial charge in [0.05, 0.1) is 0 Å². The molecule has 0 saturated carbocycles. The molecule has 4 aromatic carbocycles. The van der Waals surface area contributed by atoms with Crippen molar-refractivity contribution in [3.63, 3.8) is 0 Å². The molecule has 0 aliphatic carbocycles. The molecule has 0 bridgehead atoms. The lowest BCUT2D eigenvalue weighted by Gasteiger charge is -2.32. The fraction of sp³-hybridized carbons (Fsp3) is 0.273. The van der Waals surface area contributed by atoms with Crippen molar-refractivity contribution >= 4 is 22.6 Å². The van der Waals surface area contributed by atoms with Gasteiger partial charge in [-0.3, -0.25) is 9.59 Å². The Kier molecular flexibility index (Phi) is 9.09. The normalized spacial score (nSPS) is 11.7. The maximum absolute atomic E-state index is 13.9. The summed E-state index contributed by atoms with van der Waals surface area (Å²) in [6.07, 6.45) is 2.28. The Morgan fingerprint density at radius 1 is 0.811 bits per heavy atom. The average Bonchev–Trinajstić information content (AvgIpc) is 2.93. The van der Waals surface area contributed by atoms with Crippen LogP contribution in [0.4, 0.5) is 0 Å². The van der Waals surface area contributed by atoms with Crippen LogP contribution in [-0.2, 0) is 29.0 Å². The van der Waals surface area contributed by atoms with Gasteiger partial charge in [-0.25, -0.2) is 0 Å². The second-order valence-electron chi connectivity index (χ2n) is 9.58. The van der Waals surface area contributed by atoms with Gasteiger partial charge in [0.15, 0.2) is 0 Å². The van der Waals surface area contributed by atoms with Gasteiger partial charge in [0.25, 0.3) is 0 Å². The van der Waals surface area contributed by atoms with Crippen LogP contribution in [-0.4, -0.2) is 29.3 Å². The van der Waals surface area contributed by atoms with E-state index >= 15 is 0 Å². The zero-order valence-electron chi connectivity index (χ0n) is 21.8. The summed E-state index contributed by atoms with van der Waals surface area (Å²) >= 11 is 0. The molecule has 4 rings (SSSR count). The van der Waals surface area contributed by atoms with Gasteiger partial charge in [0.1, 0.15) is 6.04 Å². The number of nitrogens with one attached hydrogen (secondary N) is 1. The fourth-order valence-electron chi connectivity index (χ4n) is 4.79. The van der Waals surface area contributed by atoms with Gasteiger partial charge in [0.2, 0.25) is 11.8 Å². The van der Waals surface area contributed by atoms with Crippen molar-refractivity contribution in [2.75, 3.05) is 6.54 Å². The Bertz CT molecular complexity index is 1330. The van der Waals surface area contributed by atoms with E-state index in [1.54, 1.807) is 4.90 Å². The highest BCUT2D eigenvalue weighted by atomic mass is 16.2. The lowest BCUT2D eigenvalue weighted by molar-refractivity contribution is -0.141. The quantitative estimate of drug-likeness (QED) is 0.269. The van der Waals surface area contributed by atoms with E-state index in [0.717, 1.165) is 28.7 Å². The Balaban J connectivity index is 1.64. The van der Waals surface area contributed by atoms with Crippen LogP contribution in [0.1, 0.15) is 42.0 Å². The summed E-state index contributed by atoms with van der Waals surface area (Å²) in [5.41, 5.74) is 4.36. The van der Waals surface area contributed by atoms with Crippen molar-refractivity contribution in [2.24, 2.45) is 0 Å². The van der Waals surface area contributed by atoms with Crippen LogP contribution in [0.25, 0.3) is 10.8 Å². The van der Waals surface area contributed by atoms with Crippen LogP contribution in [0.5, 0.6) is 0 Å². The first-order chi connectivity index (χ1) is 18.1. The van der Waals surface area contributed by atoms with E-state index in [1.807, 2.05) is 73.7 Å². The third-order valence-electron chi connectivity index (χ3n) is 6.91. The molecule has 4 heteroatoms. The van der Waals surface area contributed by atoms with Crippen LogP contribution < -0.4 is 5.32 Å². The SMILES string of the molecule is CCCNC(=O)[C@H](Cc1ccccc1)N(Cc1ccccc1C)C(=O)CCc1cccc2ccccc12. The monoisotopic (exact) mass is 492 g/mol. The summed E-state index contributed by atoms with van der Waals surface area (Å²) in [4.78, 5) is 29.2. The molecule has 190 valence electrons. The molecule has 0 aliphatic heterocycles. The van der Waals surface area contributed by atoms with Crippen molar-refractivity contribution in [3.8, 4) is 0 Å². The fourth-order valence-corrected chi connectivity index (χ4v) is 4.79. The number of nitrogens with zero attached hydrogens (tertiary/aromatic N) is 1. The summed E-state index contributed by atoms with van der Waals surface area (Å²) in [5, 5.41) is 5.40. The predicted octanol–water partition coefficient (Wildman–Crippen LogP) is 6.25. The second kappa shape index (κ2) is 12.9. The highest BCUT2D eigenvalue weighted by Crippen LogP contribution is 2.22. The first-order valence-electron chi connectivity index (χ1n) is 13.2. The van der Waals surface area contributed by atoms with Gasteiger partial charge in [-0.1, -0.05) is 104 Å². The molecular formula is C33H36N2O2. The second-order valence-corrected chi connectivity index (χ2v) is 9.58. The molecule has 0 aliphatic rings.